The standard InChI is InChI=1S/C15H21ClN2OS/c1-14(2)8-18(9-15(3,4)19-14)12-7-10(16)5-6-11(12)13(17)20/h5-7H,8-9H2,1-4H3,(H2,17,20). The van der Waals surface area contributed by atoms with Gasteiger partial charge in [-0.05, 0) is 45.9 Å². The lowest BCUT2D eigenvalue weighted by molar-refractivity contribution is -0.133. The number of morpholine rings is 1. The van der Waals surface area contributed by atoms with Crippen molar-refractivity contribution in [3.63, 3.8) is 0 Å². The highest BCUT2D eigenvalue weighted by molar-refractivity contribution is 7.80. The summed E-state index contributed by atoms with van der Waals surface area (Å²) in [6, 6.07) is 5.62. The molecule has 1 aromatic carbocycles. The zero-order valence-corrected chi connectivity index (χ0v) is 13.9. The van der Waals surface area contributed by atoms with Gasteiger partial charge in [0, 0.05) is 29.4 Å². The molecule has 5 heteroatoms. The van der Waals surface area contributed by atoms with Crippen molar-refractivity contribution in [2.75, 3.05) is 18.0 Å². The van der Waals surface area contributed by atoms with E-state index in [1.165, 1.54) is 0 Å². The van der Waals surface area contributed by atoms with Gasteiger partial charge in [-0.3, -0.25) is 0 Å². The Balaban J connectivity index is 2.45. The van der Waals surface area contributed by atoms with E-state index >= 15 is 0 Å². The van der Waals surface area contributed by atoms with Crippen molar-refractivity contribution in [1.29, 1.82) is 0 Å². The Bertz CT molecular complexity index is 527. The molecule has 2 rings (SSSR count). The second kappa shape index (κ2) is 5.17. The van der Waals surface area contributed by atoms with E-state index in [1.807, 2.05) is 18.2 Å². The van der Waals surface area contributed by atoms with Gasteiger partial charge in [0.15, 0.2) is 0 Å². The van der Waals surface area contributed by atoms with Gasteiger partial charge in [0.1, 0.15) is 4.99 Å². The highest BCUT2D eigenvalue weighted by Crippen LogP contribution is 2.34. The smallest absolute Gasteiger partial charge is 0.106 e. The van der Waals surface area contributed by atoms with Gasteiger partial charge in [-0.1, -0.05) is 23.8 Å². The average molecular weight is 313 g/mol. The Labute approximate surface area is 131 Å². The molecule has 1 fully saturated rings. The molecule has 3 nitrogen and oxygen atoms in total. The SMILES string of the molecule is CC1(C)CN(c2cc(Cl)ccc2C(N)=S)CC(C)(C)O1. The summed E-state index contributed by atoms with van der Waals surface area (Å²) in [4.78, 5) is 2.64. The van der Waals surface area contributed by atoms with E-state index in [2.05, 4.69) is 32.6 Å². The number of benzene rings is 1. The van der Waals surface area contributed by atoms with Crippen molar-refractivity contribution in [2.24, 2.45) is 5.73 Å². The summed E-state index contributed by atoms with van der Waals surface area (Å²) in [5.41, 5.74) is 7.20. The third-order valence-corrected chi connectivity index (χ3v) is 3.72. The maximum atomic E-state index is 6.14. The quantitative estimate of drug-likeness (QED) is 0.850. The summed E-state index contributed by atoms with van der Waals surface area (Å²) in [5.74, 6) is 0. The normalized spacial score (nSPS) is 20.8. The molecular weight excluding hydrogens is 292 g/mol. The summed E-state index contributed by atoms with van der Waals surface area (Å²) in [5, 5.41) is 0.683. The van der Waals surface area contributed by atoms with Gasteiger partial charge in [0.25, 0.3) is 0 Å². The van der Waals surface area contributed by atoms with E-state index in [4.69, 9.17) is 34.3 Å². The Morgan fingerprint density at radius 2 is 1.80 bits per heavy atom. The number of rotatable bonds is 2. The summed E-state index contributed by atoms with van der Waals surface area (Å²) in [7, 11) is 0. The predicted octanol–water partition coefficient (Wildman–Crippen LogP) is 3.37. The van der Waals surface area contributed by atoms with Gasteiger partial charge < -0.3 is 15.4 Å². The Morgan fingerprint density at radius 1 is 1.25 bits per heavy atom. The minimum absolute atomic E-state index is 0.239. The van der Waals surface area contributed by atoms with Crippen molar-refractivity contribution in [1.82, 2.24) is 0 Å². The molecule has 0 aliphatic carbocycles. The van der Waals surface area contributed by atoms with Crippen LogP contribution in [0.4, 0.5) is 5.69 Å². The zero-order chi connectivity index (χ0) is 15.1. The molecule has 20 heavy (non-hydrogen) atoms. The van der Waals surface area contributed by atoms with E-state index in [0.29, 0.717) is 10.0 Å². The van der Waals surface area contributed by atoms with Gasteiger partial charge >= 0.3 is 0 Å². The topological polar surface area (TPSA) is 38.5 Å². The van der Waals surface area contributed by atoms with Crippen LogP contribution in [0.1, 0.15) is 33.3 Å². The summed E-state index contributed by atoms with van der Waals surface area (Å²) >= 11 is 11.3. The molecule has 1 saturated heterocycles. The molecule has 2 N–H and O–H groups in total. The lowest BCUT2D eigenvalue weighted by Gasteiger charge is -2.48. The number of nitrogens with two attached hydrogens (primary N) is 1. The fourth-order valence-corrected chi connectivity index (χ4v) is 3.27. The highest BCUT2D eigenvalue weighted by atomic mass is 35.5. The van der Waals surface area contributed by atoms with Crippen LogP contribution in [0.3, 0.4) is 0 Å². The molecule has 1 aliphatic rings. The number of nitrogens with zero attached hydrogens (tertiary/aromatic N) is 1. The maximum absolute atomic E-state index is 6.14. The number of anilines is 1. The minimum atomic E-state index is -0.239. The Morgan fingerprint density at radius 3 is 2.30 bits per heavy atom. The third-order valence-electron chi connectivity index (χ3n) is 3.26. The number of hydrogen-bond acceptors (Lipinski definition) is 3. The molecule has 0 bridgehead atoms. The number of halogens is 1. The molecule has 0 saturated carbocycles. The molecule has 0 radical (unpaired) electrons. The fraction of sp³-hybridized carbons (Fsp3) is 0.533. The lowest BCUT2D eigenvalue weighted by Crippen LogP contribution is -2.57. The van der Waals surface area contributed by atoms with Crippen molar-refractivity contribution in [3.05, 3.63) is 28.8 Å². The minimum Gasteiger partial charge on any atom is -0.389 e. The zero-order valence-electron chi connectivity index (χ0n) is 12.4. The average Bonchev–Trinajstić information content (AvgIpc) is 2.24. The van der Waals surface area contributed by atoms with E-state index in [-0.39, 0.29) is 11.2 Å². The van der Waals surface area contributed by atoms with E-state index in [9.17, 15) is 0 Å². The lowest BCUT2D eigenvalue weighted by atomic mass is 9.97. The first-order chi connectivity index (χ1) is 9.10. The van der Waals surface area contributed by atoms with Crippen molar-refractivity contribution < 1.29 is 4.74 Å². The third kappa shape index (κ3) is 3.43. The number of hydrogen-bond donors (Lipinski definition) is 1. The summed E-state index contributed by atoms with van der Waals surface area (Å²) in [6.07, 6.45) is 0. The second-order valence-electron chi connectivity index (χ2n) is 6.50. The monoisotopic (exact) mass is 312 g/mol. The van der Waals surface area contributed by atoms with Crippen LogP contribution in [0, 0.1) is 0 Å². The van der Waals surface area contributed by atoms with Crippen LogP contribution in [-0.4, -0.2) is 29.3 Å². The molecule has 1 heterocycles. The largest absolute Gasteiger partial charge is 0.389 e. The Kier molecular flexibility index (Phi) is 4.02. The molecule has 0 atom stereocenters. The first-order valence-corrected chi connectivity index (χ1v) is 7.43. The predicted molar refractivity (Wildman–Crippen MR) is 88.8 cm³/mol. The van der Waals surface area contributed by atoms with Crippen LogP contribution >= 0.6 is 23.8 Å². The first kappa shape index (κ1) is 15.5. The molecule has 110 valence electrons. The molecular formula is C15H21ClN2OS. The van der Waals surface area contributed by atoms with Gasteiger partial charge in [0.2, 0.25) is 0 Å². The molecule has 1 aliphatic heterocycles. The van der Waals surface area contributed by atoms with Crippen LogP contribution in [0.5, 0.6) is 0 Å². The van der Waals surface area contributed by atoms with Gasteiger partial charge in [-0.2, -0.15) is 0 Å². The molecule has 0 aromatic heterocycles. The van der Waals surface area contributed by atoms with E-state index in [1.54, 1.807) is 0 Å². The maximum Gasteiger partial charge on any atom is 0.106 e. The van der Waals surface area contributed by atoms with Gasteiger partial charge in [-0.25, -0.2) is 0 Å². The van der Waals surface area contributed by atoms with Crippen LogP contribution in [0.15, 0.2) is 18.2 Å². The van der Waals surface area contributed by atoms with Gasteiger partial charge in [-0.15, -0.1) is 0 Å². The van der Waals surface area contributed by atoms with Crippen LogP contribution < -0.4 is 10.6 Å². The van der Waals surface area contributed by atoms with Crippen molar-refractivity contribution >= 4 is 34.5 Å². The van der Waals surface area contributed by atoms with Crippen LogP contribution in [-0.2, 0) is 4.74 Å². The highest BCUT2D eigenvalue weighted by Gasteiger charge is 2.38. The molecule has 0 spiro atoms. The second-order valence-corrected chi connectivity index (χ2v) is 7.38. The first-order valence-electron chi connectivity index (χ1n) is 6.64. The number of thiocarbonyl (C=S) groups is 1. The molecule has 1 aromatic rings. The molecule has 0 unspecified atom stereocenters. The van der Waals surface area contributed by atoms with Crippen molar-refractivity contribution in [3.8, 4) is 0 Å². The van der Waals surface area contributed by atoms with Crippen LogP contribution in [0.2, 0.25) is 5.02 Å². The fourth-order valence-electron chi connectivity index (χ4n) is 2.93. The van der Waals surface area contributed by atoms with E-state index in [0.717, 1.165) is 24.3 Å². The van der Waals surface area contributed by atoms with Gasteiger partial charge in [0.05, 0.1) is 11.2 Å². The van der Waals surface area contributed by atoms with E-state index < -0.39 is 0 Å². The van der Waals surface area contributed by atoms with Crippen molar-refractivity contribution in [2.45, 2.75) is 38.9 Å². The number of ether oxygens (including phenoxy) is 1. The molecule has 0 amide bonds. The van der Waals surface area contributed by atoms with Crippen LogP contribution in [0.25, 0.3) is 0 Å². The summed E-state index contributed by atoms with van der Waals surface area (Å²) < 4.78 is 6.10. The Hall–Kier alpha value is -0.840. The summed E-state index contributed by atoms with van der Waals surface area (Å²) in [6.45, 7) is 9.90.